The fraction of sp³-hybridized carbons (Fsp3) is 1.00. The maximum atomic E-state index is 8.91. The standard InChI is InChI=1S/C5H9ClOS2/c6-1-5(2-7)3-8-9-4-5/h7H,1-4H2. The molecule has 1 N–H and O–H groups in total. The van der Waals surface area contributed by atoms with Gasteiger partial charge in [0.1, 0.15) is 0 Å². The van der Waals surface area contributed by atoms with Crippen LogP contribution in [0.15, 0.2) is 0 Å². The van der Waals surface area contributed by atoms with E-state index in [2.05, 4.69) is 0 Å². The summed E-state index contributed by atoms with van der Waals surface area (Å²) in [6, 6.07) is 0. The minimum atomic E-state index is 0.0247. The number of aliphatic hydroxyl groups is 1. The average molecular weight is 185 g/mol. The van der Waals surface area contributed by atoms with Gasteiger partial charge in [0.05, 0.1) is 6.61 Å². The number of aliphatic hydroxyl groups excluding tert-OH is 1. The highest BCUT2D eigenvalue weighted by atomic mass is 35.5. The highest BCUT2D eigenvalue weighted by Gasteiger charge is 2.33. The summed E-state index contributed by atoms with van der Waals surface area (Å²) in [5, 5.41) is 8.91. The van der Waals surface area contributed by atoms with Gasteiger partial charge in [-0.3, -0.25) is 0 Å². The van der Waals surface area contributed by atoms with E-state index in [0.29, 0.717) is 5.88 Å². The summed E-state index contributed by atoms with van der Waals surface area (Å²) in [6.07, 6.45) is 0. The molecule has 1 aliphatic rings. The Morgan fingerprint density at radius 2 is 2.00 bits per heavy atom. The normalized spacial score (nSPS) is 24.7. The molecule has 9 heavy (non-hydrogen) atoms. The van der Waals surface area contributed by atoms with Crippen molar-refractivity contribution >= 4 is 33.2 Å². The van der Waals surface area contributed by atoms with Crippen molar-refractivity contribution in [3.8, 4) is 0 Å². The molecule has 0 amide bonds. The van der Waals surface area contributed by atoms with Gasteiger partial charge in [0.15, 0.2) is 0 Å². The van der Waals surface area contributed by atoms with E-state index in [1.807, 2.05) is 0 Å². The molecule has 1 heterocycles. The number of halogens is 1. The molecule has 0 bridgehead atoms. The first-order valence-corrected chi connectivity index (χ1v) is 5.76. The van der Waals surface area contributed by atoms with Gasteiger partial charge in [-0.1, -0.05) is 21.6 Å². The van der Waals surface area contributed by atoms with Crippen LogP contribution in [0.25, 0.3) is 0 Å². The number of hydrogen-bond donors (Lipinski definition) is 1. The van der Waals surface area contributed by atoms with Gasteiger partial charge in [0.2, 0.25) is 0 Å². The Balaban J connectivity index is 2.45. The van der Waals surface area contributed by atoms with Crippen LogP contribution in [-0.4, -0.2) is 29.1 Å². The van der Waals surface area contributed by atoms with Crippen LogP contribution in [0.1, 0.15) is 0 Å². The Hall–Kier alpha value is 0.950. The van der Waals surface area contributed by atoms with Crippen LogP contribution >= 0.6 is 33.2 Å². The van der Waals surface area contributed by atoms with Crippen molar-refractivity contribution < 1.29 is 5.11 Å². The van der Waals surface area contributed by atoms with Gasteiger partial charge >= 0.3 is 0 Å². The van der Waals surface area contributed by atoms with Crippen LogP contribution in [-0.2, 0) is 0 Å². The summed E-state index contributed by atoms with van der Waals surface area (Å²) in [5.41, 5.74) is 0.0247. The second kappa shape index (κ2) is 3.37. The van der Waals surface area contributed by atoms with Gasteiger partial charge in [0, 0.05) is 22.8 Å². The van der Waals surface area contributed by atoms with E-state index >= 15 is 0 Å². The molecule has 54 valence electrons. The Bertz CT molecular complexity index is 87.0. The lowest BCUT2D eigenvalue weighted by Crippen LogP contribution is -2.29. The van der Waals surface area contributed by atoms with E-state index in [4.69, 9.17) is 16.7 Å². The Kier molecular flexibility index (Phi) is 3.02. The smallest absolute Gasteiger partial charge is 0.0515 e. The number of hydrogen-bond acceptors (Lipinski definition) is 3. The maximum Gasteiger partial charge on any atom is 0.0515 e. The second-order valence-electron chi connectivity index (χ2n) is 2.32. The first kappa shape index (κ1) is 8.05. The second-order valence-corrected chi connectivity index (χ2v) is 5.05. The maximum absolute atomic E-state index is 8.91. The molecule has 1 rings (SSSR count). The van der Waals surface area contributed by atoms with Crippen LogP contribution in [0, 0.1) is 5.41 Å². The summed E-state index contributed by atoms with van der Waals surface area (Å²) in [7, 11) is 3.60. The molecule has 0 radical (unpaired) electrons. The lowest BCUT2D eigenvalue weighted by atomic mass is 9.97. The van der Waals surface area contributed by atoms with E-state index in [9.17, 15) is 0 Å². The van der Waals surface area contributed by atoms with Crippen LogP contribution < -0.4 is 0 Å². The van der Waals surface area contributed by atoms with Crippen molar-refractivity contribution in [2.75, 3.05) is 24.0 Å². The van der Waals surface area contributed by atoms with E-state index < -0.39 is 0 Å². The van der Waals surface area contributed by atoms with Crippen molar-refractivity contribution in [1.82, 2.24) is 0 Å². The lowest BCUT2D eigenvalue weighted by Gasteiger charge is -2.20. The fourth-order valence-corrected chi connectivity index (χ4v) is 4.47. The van der Waals surface area contributed by atoms with Crippen molar-refractivity contribution in [2.24, 2.45) is 5.41 Å². The minimum absolute atomic E-state index is 0.0247. The topological polar surface area (TPSA) is 20.2 Å². The fourth-order valence-electron chi connectivity index (χ4n) is 0.586. The quantitative estimate of drug-likeness (QED) is 0.520. The SMILES string of the molecule is OCC1(CCl)CSSC1. The third kappa shape index (κ3) is 1.70. The molecular weight excluding hydrogens is 176 g/mol. The molecule has 0 aromatic rings. The molecule has 1 nitrogen and oxygen atoms in total. The summed E-state index contributed by atoms with van der Waals surface area (Å²) < 4.78 is 0. The van der Waals surface area contributed by atoms with Gasteiger partial charge in [-0.2, -0.15) is 0 Å². The van der Waals surface area contributed by atoms with Gasteiger partial charge in [-0.15, -0.1) is 11.6 Å². The zero-order chi connectivity index (χ0) is 6.74. The summed E-state index contributed by atoms with van der Waals surface area (Å²) in [6.45, 7) is 0.233. The average Bonchev–Trinajstić information content (AvgIpc) is 2.36. The van der Waals surface area contributed by atoms with Crippen molar-refractivity contribution in [3.63, 3.8) is 0 Å². The molecular formula is C5H9ClOS2. The van der Waals surface area contributed by atoms with Crippen LogP contribution in [0.4, 0.5) is 0 Å². The molecule has 0 aromatic carbocycles. The van der Waals surface area contributed by atoms with Crippen LogP contribution in [0.5, 0.6) is 0 Å². The van der Waals surface area contributed by atoms with Crippen molar-refractivity contribution in [3.05, 3.63) is 0 Å². The highest BCUT2D eigenvalue weighted by molar-refractivity contribution is 8.77. The largest absolute Gasteiger partial charge is 0.396 e. The number of rotatable bonds is 2. The molecule has 1 aliphatic heterocycles. The highest BCUT2D eigenvalue weighted by Crippen LogP contribution is 2.43. The number of alkyl halides is 1. The van der Waals surface area contributed by atoms with Crippen molar-refractivity contribution in [2.45, 2.75) is 0 Å². The molecule has 4 heteroatoms. The van der Waals surface area contributed by atoms with E-state index in [-0.39, 0.29) is 12.0 Å². The third-order valence-corrected chi connectivity index (χ3v) is 4.83. The Morgan fingerprint density at radius 3 is 2.22 bits per heavy atom. The molecule has 0 spiro atoms. The summed E-state index contributed by atoms with van der Waals surface area (Å²) >= 11 is 5.68. The zero-order valence-electron chi connectivity index (χ0n) is 4.97. The minimum Gasteiger partial charge on any atom is -0.396 e. The molecule has 0 saturated carbocycles. The van der Waals surface area contributed by atoms with Gasteiger partial charge < -0.3 is 5.11 Å². The van der Waals surface area contributed by atoms with Gasteiger partial charge in [0.25, 0.3) is 0 Å². The third-order valence-electron chi connectivity index (χ3n) is 1.43. The predicted octanol–water partition coefficient (Wildman–Crippen LogP) is 1.60. The molecule has 0 unspecified atom stereocenters. The molecule has 1 fully saturated rings. The van der Waals surface area contributed by atoms with Crippen LogP contribution in [0.2, 0.25) is 0 Å². The molecule has 0 aliphatic carbocycles. The molecule has 1 saturated heterocycles. The lowest BCUT2D eigenvalue weighted by molar-refractivity contribution is 0.189. The van der Waals surface area contributed by atoms with E-state index in [0.717, 1.165) is 11.5 Å². The Morgan fingerprint density at radius 1 is 1.44 bits per heavy atom. The van der Waals surface area contributed by atoms with E-state index in [1.54, 1.807) is 21.6 Å². The molecule has 0 aromatic heterocycles. The van der Waals surface area contributed by atoms with E-state index in [1.165, 1.54) is 0 Å². The van der Waals surface area contributed by atoms with Crippen LogP contribution in [0.3, 0.4) is 0 Å². The zero-order valence-corrected chi connectivity index (χ0v) is 7.36. The first-order valence-electron chi connectivity index (χ1n) is 2.74. The monoisotopic (exact) mass is 184 g/mol. The van der Waals surface area contributed by atoms with Crippen molar-refractivity contribution in [1.29, 1.82) is 0 Å². The molecule has 0 atom stereocenters. The summed E-state index contributed by atoms with van der Waals surface area (Å²) in [4.78, 5) is 0. The Labute approximate surface area is 67.9 Å². The van der Waals surface area contributed by atoms with Gasteiger partial charge in [-0.25, -0.2) is 0 Å². The summed E-state index contributed by atoms with van der Waals surface area (Å²) in [5.74, 6) is 2.58. The first-order chi connectivity index (χ1) is 4.33. The van der Waals surface area contributed by atoms with Gasteiger partial charge in [-0.05, 0) is 0 Å². The predicted molar refractivity (Wildman–Crippen MR) is 45.2 cm³/mol.